The molecule has 0 aliphatic carbocycles. The molecule has 2 aromatic carbocycles. The van der Waals surface area contributed by atoms with E-state index in [9.17, 15) is 4.79 Å². The van der Waals surface area contributed by atoms with E-state index in [1.54, 1.807) is 30.3 Å². The summed E-state index contributed by atoms with van der Waals surface area (Å²) in [7, 11) is 0. The van der Waals surface area contributed by atoms with Gasteiger partial charge in [0.05, 0.1) is 19.4 Å². The van der Waals surface area contributed by atoms with Crippen molar-refractivity contribution in [2.45, 2.75) is 24.0 Å². The summed E-state index contributed by atoms with van der Waals surface area (Å²) in [4.78, 5) is 21.8. The van der Waals surface area contributed by atoms with Gasteiger partial charge in [0.15, 0.2) is 10.8 Å². The Morgan fingerprint density at radius 3 is 2.58 bits per heavy atom. The molecule has 0 bridgehead atoms. The molecule has 0 saturated heterocycles. The van der Waals surface area contributed by atoms with Crippen LogP contribution in [0, 0.1) is 0 Å². The first-order chi connectivity index (χ1) is 16.3. The number of aromatic nitrogens is 3. The minimum atomic E-state index is -0.133. The summed E-state index contributed by atoms with van der Waals surface area (Å²) >= 11 is 1.70. The fourth-order valence-corrected chi connectivity index (χ4v) is 4.50. The molecule has 0 unspecified atom stereocenters. The number of pyridine rings is 1. The summed E-state index contributed by atoms with van der Waals surface area (Å²) in [5.74, 6) is 1.42. The lowest BCUT2D eigenvalue weighted by atomic mass is 10.1. The van der Waals surface area contributed by atoms with Crippen LogP contribution in [0.2, 0.25) is 0 Å². The highest BCUT2D eigenvalue weighted by molar-refractivity contribution is 7.98. The maximum absolute atomic E-state index is 12.4. The number of hydrogen-bond donors (Lipinski definition) is 1. The molecule has 1 N–H and O–H groups in total. The Morgan fingerprint density at radius 1 is 0.939 bits per heavy atom. The van der Waals surface area contributed by atoms with Crippen molar-refractivity contribution in [3.63, 3.8) is 0 Å². The molecule has 6 nitrogen and oxygen atoms in total. The lowest BCUT2D eigenvalue weighted by Gasteiger charge is -2.10. The fourth-order valence-electron chi connectivity index (χ4n) is 3.54. The van der Waals surface area contributed by atoms with Crippen molar-refractivity contribution in [2.75, 3.05) is 0 Å². The normalized spacial score (nSPS) is 11.0. The van der Waals surface area contributed by atoms with Gasteiger partial charge in [-0.2, -0.15) is 0 Å². The highest BCUT2D eigenvalue weighted by Gasteiger charge is 2.13. The van der Waals surface area contributed by atoms with Crippen LogP contribution in [0.1, 0.15) is 27.2 Å². The van der Waals surface area contributed by atoms with Crippen molar-refractivity contribution in [1.29, 1.82) is 0 Å². The molecular formula is C26H22N4O2S. The van der Waals surface area contributed by atoms with Gasteiger partial charge in [-0.15, -0.1) is 0 Å². The molecule has 1 amide bonds. The zero-order valence-corrected chi connectivity index (χ0v) is 18.7. The molecular weight excluding hydrogens is 432 g/mol. The molecule has 3 aromatic heterocycles. The van der Waals surface area contributed by atoms with Gasteiger partial charge in [0, 0.05) is 17.5 Å². The van der Waals surface area contributed by atoms with Gasteiger partial charge in [-0.05, 0) is 47.5 Å². The van der Waals surface area contributed by atoms with Crippen molar-refractivity contribution in [3.8, 4) is 0 Å². The zero-order valence-electron chi connectivity index (χ0n) is 17.8. The molecule has 7 heteroatoms. The van der Waals surface area contributed by atoms with E-state index in [4.69, 9.17) is 9.40 Å². The number of rotatable bonds is 8. The average Bonchev–Trinajstić information content (AvgIpc) is 3.51. The summed E-state index contributed by atoms with van der Waals surface area (Å²) in [5, 5.41) is 3.79. The molecule has 0 atom stereocenters. The van der Waals surface area contributed by atoms with Gasteiger partial charge < -0.3 is 9.73 Å². The molecule has 33 heavy (non-hydrogen) atoms. The van der Waals surface area contributed by atoms with Crippen LogP contribution in [-0.4, -0.2) is 20.4 Å². The number of nitrogens with zero attached hydrogens (tertiary/aromatic N) is 3. The third-order valence-corrected chi connectivity index (χ3v) is 6.29. The van der Waals surface area contributed by atoms with Crippen LogP contribution in [0.5, 0.6) is 0 Å². The van der Waals surface area contributed by atoms with Crippen LogP contribution in [0.25, 0.3) is 11.2 Å². The topological polar surface area (TPSA) is 73.0 Å². The summed E-state index contributed by atoms with van der Waals surface area (Å²) in [6, 6.07) is 25.5. The van der Waals surface area contributed by atoms with Gasteiger partial charge >= 0.3 is 0 Å². The number of carbonyl (C=O) groups is 1. The van der Waals surface area contributed by atoms with Crippen LogP contribution < -0.4 is 5.32 Å². The monoisotopic (exact) mass is 454 g/mol. The van der Waals surface area contributed by atoms with Crippen molar-refractivity contribution in [2.24, 2.45) is 0 Å². The molecule has 0 radical (unpaired) electrons. The third-order valence-electron chi connectivity index (χ3n) is 5.24. The summed E-state index contributed by atoms with van der Waals surface area (Å²) in [6.45, 7) is 0.987. The number of furan rings is 1. The van der Waals surface area contributed by atoms with E-state index in [0.717, 1.165) is 33.4 Å². The average molecular weight is 455 g/mol. The maximum Gasteiger partial charge on any atom is 0.251 e. The largest absolute Gasteiger partial charge is 0.467 e. The van der Waals surface area contributed by atoms with Crippen LogP contribution in [0.4, 0.5) is 0 Å². The lowest BCUT2D eigenvalue weighted by Crippen LogP contribution is -2.22. The second-order valence-electron chi connectivity index (χ2n) is 7.56. The standard InChI is InChI=1S/C26H22N4O2S/c31-25(28-16-22-8-5-15-32-22)21-12-10-19(11-13-21)17-30-24-23(9-4-14-27-24)29-26(30)33-18-20-6-2-1-3-7-20/h1-15H,16-18H2,(H,28,31). The predicted octanol–water partition coefficient (Wildman–Crippen LogP) is 5.29. The van der Waals surface area contributed by atoms with Crippen LogP contribution in [0.3, 0.4) is 0 Å². The fraction of sp³-hybridized carbons (Fsp3) is 0.115. The van der Waals surface area contributed by atoms with Crippen LogP contribution in [0.15, 0.2) is 101 Å². The third kappa shape index (κ3) is 4.99. The highest BCUT2D eigenvalue weighted by atomic mass is 32.2. The van der Waals surface area contributed by atoms with Gasteiger partial charge in [-0.25, -0.2) is 9.97 Å². The maximum atomic E-state index is 12.4. The summed E-state index contributed by atoms with van der Waals surface area (Å²) in [5.41, 5.74) is 4.66. The lowest BCUT2D eigenvalue weighted by molar-refractivity contribution is 0.0948. The van der Waals surface area contributed by atoms with Crippen molar-refractivity contribution >= 4 is 28.8 Å². The summed E-state index contributed by atoms with van der Waals surface area (Å²) < 4.78 is 7.39. The molecule has 0 fully saturated rings. The van der Waals surface area contributed by atoms with Gasteiger partial charge in [0.2, 0.25) is 0 Å². The summed E-state index contributed by atoms with van der Waals surface area (Å²) in [6.07, 6.45) is 3.38. The van der Waals surface area contributed by atoms with Crippen LogP contribution >= 0.6 is 11.8 Å². The first kappa shape index (κ1) is 21.0. The Hall–Kier alpha value is -3.84. The van der Waals surface area contributed by atoms with E-state index in [-0.39, 0.29) is 5.91 Å². The SMILES string of the molecule is O=C(NCc1ccco1)c1ccc(Cn2c(SCc3ccccc3)nc3cccnc32)cc1. The molecule has 3 heterocycles. The second kappa shape index (κ2) is 9.75. The van der Waals surface area contributed by atoms with Gasteiger partial charge in [0.25, 0.3) is 5.91 Å². The Bertz CT molecular complexity index is 1350. The Morgan fingerprint density at radius 2 is 1.79 bits per heavy atom. The van der Waals surface area contributed by atoms with Gasteiger partial charge in [-0.3, -0.25) is 9.36 Å². The smallest absolute Gasteiger partial charge is 0.251 e. The minimum absolute atomic E-state index is 0.133. The van der Waals surface area contributed by atoms with E-state index in [1.165, 1.54) is 5.56 Å². The van der Waals surface area contributed by atoms with E-state index < -0.39 is 0 Å². The van der Waals surface area contributed by atoms with E-state index >= 15 is 0 Å². The first-order valence-electron chi connectivity index (χ1n) is 10.6. The van der Waals surface area contributed by atoms with Crippen LogP contribution in [-0.2, 0) is 18.8 Å². The Kier molecular flexibility index (Phi) is 6.21. The number of hydrogen-bond acceptors (Lipinski definition) is 5. The molecule has 5 aromatic rings. The Balaban J connectivity index is 1.32. The molecule has 164 valence electrons. The number of amides is 1. The molecule has 5 rings (SSSR count). The van der Waals surface area contributed by atoms with E-state index in [1.807, 2.05) is 60.7 Å². The molecule has 0 spiro atoms. The first-order valence-corrected chi connectivity index (χ1v) is 11.6. The van der Waals surface area contributed by atoms with Gasteiger partial charge in [-0.1, -0.05) is 54.2 Å². The van der Waals surface area contributed by atoms with Gasteiger partial charge in [0.1, 0.15) is 11.3 Å². The van der Waals surface area contributed by atoms with Crippen molar-refractivity contribution in [1.82, 2.24) is 19.9 Å². The number of benzene rings is 2. The van der Waals surface area contributed by atoms with E-state index in [2.05, 4.69) is 27.0 Å². The number of nitrogens with one attached hydrogen (secondary N) is 1. The zero-order chi connectivity index (χ0) is 22.5. The Labute approximate surface area is 195 Å². The quantitative estimate of drug-likeness (QED) is 0.322. The number of carbonyl (C=O) groups excluding carboxylic acids is 1. The van der Waals surface area contributed by atoms with Crippen molar-refractivity contribution < 1.29 is 9.21 Å². The van der Waals surface area contributed by atoms with E-state index in [0.29, 0.717) is 18.7 Å². The second-order valence-corrected chi connectivity index (χ2v) is 8.50. The molecule has 0 aliphatic heterocycles. The number of imidazole rings is 1. The number of thioether (sulfide) groups is 1. The predicted molar refractivity (Wildman–Crippen MR) is 129 cm³/mol. The minimum Gasteiger partial charge on any atom is -0.467 e. The highest BCUT2D eigenvalue weighted by Crippen LogP contribution is 2.27. The molecule has 0 aliphatic rings. The molecule has 0 saturated carbocycles. The van der Waals surface area contributed by atoms with Crippen molar-refractivity contribution in [3.05, 3.63) is 114 Å². The number of fused-ring (bicyclic) bond motifs is 1.